The van der Waals surface area contributed by atoms with Crippen LogP contribution in [0.1, 0.15) is 60.0 Å². The third-order valence-corrected chi connectivity index (χ3v) is 9.99. The van der Waals surface area contributed by atoms with E-state index in [0.717, 1.165) is 28.7 Å². The van der Waals surface area contributed by atoms with Crippen LogP contribution in [0.25, 0.3) is 0 Å². The third kappa shape index (κ3) is 5.62. The first-order valence-corrected chi connectivity index (χ1v) is 15.3. The minimum absolute atomic E-state index is 0.128. The molecule has 2 aliphatic rings. The van der Waals surface area contributed by atoms with Crippen molar-refractivity contribution < 1.29 is 28.7 Å². The second-order valence-corrected chi connectivity index (χ2v) is 13.4. The number of hydrogen-bond donors (Lipinski definition) is 2. The van der Waals surface area contributed by atoms with Gasteiger partial charge in [0.1, 0.15) is 11.8 Å². The molecule has 1 fully saturated rings. The van der Waals surface area contributed by atoms with Crippen molar-refractivity contribution in [3.8, 4) is 0 Å². The molecule has 3 aromatic rings. The SMILES string of the molecule is CCOC(=O)c1ccc(NC(=O)Cn2c3c(sc2=O)[C@@H](c2ccc(C(C)(C)C)cc2)[C@H]2C(=O)N(C(N)=O)C(=O)[C@H]2S3)cc1. The zero-order chi connectivity index (χ0) is 31.2. The predicted molar refractivity (Wildman–Crippen MR) is 161 cm³/mol. The number of nitrogens with two attached hydrogens (primary N) is 1. The maximum absolute atomic E-state index is 13.4. The molecule has 2 aliphatic heterocycles. The number of likely N-dealkylation sites (tertiary alicyclic amines) is 1. The van der Waals surface area contributed by atoms with Gasteiger partial charge in [-0.25, -0.2) is 9.59 Å². The molecule has 0 spiro atoms. The summed E-state index contributed by atoms with van der Waals surface area (Å²) < 4.78 is 6.25. The lowest BCUT2D eigenvalue weighted by molar-refractivity contribution is -0.135. The highest BCUT2D eigenvalue weighted by molar-refractivity contribution is 8.00. The number of amides is 5. The molecule has 0 saturated carbocycles. The molecule has 5 amide bonds. The van der Waals surface area contributed by atoms with Crippen LogP contribution in [0.2, 0.25) is 0 Å². The van der Waals surface area contributed by atoms with Crippen molar-refractivity contribution in [3.63, 3.8) is 0 Å². The lowest BCUT2D eigenvalue weighted by Crippen LogP contribution is -2.41. The second-order valence-electron chi connectivity index (χ2n) is 11.2. The number of aromatic nitrogens is 1. The lowest BCUT2D eigenvalue weighted by Gasteiger charge is -2.31. The van der Waals surface area contributed by atoms with Crippen molar-refractivity contribution >= 4 is 58.5 Å². The molecule has 224 valence electrons. The number of carbonyl (C=O) groups excluding carboxylic acids is 5. The smallest absolute Gasteiger partial charge is 0.338 e. The van der Waals surface area contributed by atoms with E-state index >= 15 is 0 Å². The molecule has 5 rings (SSSR count). The first kappa shape index (κ1) is 30.2. The second kappa shape index (κ2) is 11.5. The van der Waals surface area contributed by atoms with E-state index in [9.17, 15) is 28.8 Å². The molecular weight excluding hydrogens is 592 g/mol. The lowest BCUT2D eigenvalue weighted by atomic mass is 9.81. The molecule has 3 N–H and O–H groups in total. The summed E-state index contributed by atoms with van der Waals surface area (Å²) >= 11 is 1.90. The number of imide groups is 3. The van der Waals surface area contributed by atoms with Crippen LogP contribution >= 0.6 is 23.1 Å². The minimum Gasteiger partial charge on any atom is -0.462 e. The Morgan fingerprint density at radius 3 is 2.21 bits per heavy atom. The molecule has 3 heterocycles. The Bertz CT molecular complexity index is 1690. The van der Waals surface area contributed by atoms with Crippen LogP contribution < -0.4 is 15.9 Å². The van der Waals surface area contributed by atoms with E-state index in [-0.39, 0.29) is 18.6 Å². The van der Waals surface area contributed by atoms with Crippen molar-refractivity contribution in [2.24, 2.45) is 11.7 Å². The van der Waals surface area contributed by atoms with Gasteiger partial charge in [0, 0.05) is 16.5 Å². The maximum atomic E-state index is 13.4. The monoisotopic (exact) mass is 622 g/mol. The summed E-state index contributed by atoms with van der Waals surface area (Å²) in [4.78, 5) is 77.6. The number of rotatable bonds is 6. The number of fused-ring (bicyclic) bond motifs is 2. The van der Waals surface area contributed by atoms with Crippen LogP contribution in [0.4, 0.5) is 10.5 Å². The van der Waals surface area contributed by atoms with Crippen LogP contribution in [0.3, 0.4) is 0 Å². The van der Waals surface area contributed by atoms with E-state index in [2.05, 4.69) is 26.1 Å². The van der Waals surface area contributed by atoms with E-state index in [4.69, 9.17) is 10.5 Å². The van der Waals surface area contributed by atoms with E-state index < -0.39 is 51.7 Å². The van der Waals surface area contributed by atoms with E-state index in [0.29, 0.717) is 31.6 Å². The quantitative estimate of drug-likeness (QED) is 0.311. The van der Waals surface area contributed by atoms with Crippen LogP contribution in [0.5, 0.6) is 0 Å². The highest BCUT2D eigenvalue weighted by atomic mass is 32.2. The number of esters is 1. The van der Waals surface area contributed by atoms with Gasteiger partial charge in [-0.05, 0) is 47.7 Å². The van der Waals surface area contributed by atoms with Crippen molar-refractivity contribution in [1.82, 2.24) is 9.47 Å². The molecule has 1 saturated heterocycles. The summed E-state index contributed by atoms with van der Waals surface area (Å²) in [5.74, 6) is -4.09. The summed E-state index contributed by atoms with van der Waals surface area (Å²) in [5, 5.41) is 2.10. The Hall–Kier alpha value is -4.23. The molecule has 0 radical (unpaired) electrons. The molecule has 0 aliphatic carbocycles. The Kier molecular flexibility index (Phi) is 8.05. The fourth-order valence-electron chi connectivity index (χ4n) is 5.27. The fourth-order valence-corrected chi connectivity index (χ4v) is 8.04. The van der Waals surface area contributed by atoms with Crippen molar-refractivity contribution in [3.05, 3.63) is 79.8 Å². The number of primary amides is 1. The Morgan fingerprint density at radius 1 is 0.977 bits per heavy atom. The van der Waals surface area contributed by atoms with E-state index in [1.54, 1.807) is 19.1 Å². The van der Waals surface area contributed by atoms with Gasteiger partial charge < -0.3 is 15.8 Å². The molecule has 0 unspecified atom stereocenters. The molecule has 0 bridgehead atoms. The molecule has 3 atom stereocenters. The fraction of sp³-hybridized carbons (Fsp3) is 0.333. The molecule has 11 nitrogen and oxygen atoms in total. The van der Waals surface area contributed by atoms with Gasteiger partial charge in [-0.15, -0.1) is 0 Å². The van der Waals surface area contributed by atoms with Gasteiger partial charge >= 0.3 is 16.9 Å². The summed E-state index contributed by atoms with van der Waals surface area (Å²) in [7, 11) is 0. The van der Waals surface area contributed by atoms with Gasteiger partial charge in [-0.1, -0.05) is 68.1 Å². The minimum atomic E-state index is -1.15. The van der Waals surface area contributed by atoms with Crippen LogP contribution in [-0.2, 0) is 31.1 Å². The predicted octanol–water partition coefficient (Wildman–Crippen LogP) is 3.69. The highest BCUT2D eigenvalue weighted by Crippen LogP contribution is 2.53. The maximum Gasteiger partial charge on any atom is 0.338 e. The summed E-state index contributed by atoms with van der Waals surface area (Å²) in [6.07, 6.45) is 0. The van der Waals surface area contributed by atoms with E-state index in [1.165, 1.54) is 16.7 Å². The number of nitrogens with one attached hydrogen (secondary N) is 1. The number of anilines is 1. The van der Waals surface area contributed by atoms with Gasteiger partial charge in [0.15, 0.2) is 0 Å². The van der Waals surface area contributed by atoms with Gasteiger partial charge in [0.25, 0.3) is 5.91 Å². The number of thiazole rings is 1. The molecule has 13 heteroatoms. The number of nitrogens with zero attached hydrogens (tertiary/aromatic N) is 2. The largest absolute Gasteiger partial charge is 0.462 e. The Morgan fingerprint density at radius 2 is 1.63 bits per heavy atom. The summed E-state index contributed by atoms with van der Waals surface area (Å²) in [6.45, 7) is 7.80. The van der Waals surface area contributed by atoms with Crippen LogP contribution in [0.15, 0.2) is 58.4 Å². The number of ether oxygens (including phenoxy) is 1. The first-order chi connectivity index (χ1) is 20.3. The molecular formula is C30H30N4O7S2. The first-order valence-electron chi connectivity index (χ1n) is 13.6. The van der Waals surface area contributed by atoms with Gasteiger partial charge in [0.2, 0.25) is 11.8 Å². The average molecular weight is 623 g/mol. The zero-order valence-electron chi connectivity index (χ0n) is 23.9. The zero-order valence-corrected chi connectivity index (χ0v) is 25.5. The number of urea groups is 1. The third-order valence-electron chi connectivity index (χ3n) is 7.39. The van der Waals surface area contributed by atoms with Crippen molar-refractivity contribution in [1.29, 1.82) is 0 Å². The van der Waals surface area contributed by atoms with Gasteiger partial charge in [-0.2, -0.15) is 4.90 Å². The molecule has 43 heavy (non-hydrogen) atoms. The number of benzene rings is 2. The van der Waals surface area contributed by atoms with Gasteiger partial charge in [-0.3, -0.25) is 23.7 Å². The summed E-state index contributed by atoms with van der Waals surface area (Å²) in [5.41, 5.74) is 7.78. The highest BCUT2D eigenvalue weighted by Gasteiger charge is 2.57. The standard InChI is InChI=1S/C30H30N4O7S2/c1-5-41-27(38)16-8-12-18(13-9-16)32-19(35)14-33-26-23(43-29(33)40)20(15-6-10-17(11-7-15)30(2,3)4)21-22(42-26)25(37)34(24(21)36)28(31)39/h6-13,20-22H,5,14H2,1-4H3,(H2,31,39)(H,32,35)/t20-,21+,22-/m0/s1. The number of thioether (sulfide) groups is 1. The average Bonchev–Trinajstić information content (AvgIpc) is 3.39. The van der Waals surface area contributed by atoms with E-state index in [1.807, 2.05) is 24.3 Å². The van der Waals surface area contributed by atoms with Gasteiger partial charge in [0.05, 0.1) is 23.1 Å². The summed E-state index contributed by atoms with van der Waals surface area (Å²) in [6, 6.07) is 12.6. The Balaban J connectivity index is 1.49. The Labute approximate surface area is 255 Å². The van der Waals surface area contributed by atoms with Crippen molar-refractivity contribution in [2.45, 2.75) is 55.8 Å². The van der Waals surface area contributed by atoms with Crippen molar-refractivity contribution in [2.75, 3.05) is 11.9 Å². The number of hydrogen-bond acceptors (Lipinski definition) is 9. The molecule has 2 aromatic carbocycles. The normalized spacial score (nSPS) is 19.5. The topological polar surface area (TPSA) is 158 Å². The number of carbonyl (C=O) groups is 5. The molecule has 1 aromatic heterocycles. The van der Waals surface area contributed by atoms with Crippen LogP contribution in [0, 0.1) is 5.92 Å². The van der Waals surface area contributed by atoms with Crippen LogP contribution in [-0.4, -0.2) is 51.0 Å².